The van der Waals surface area contributed by atoms with Crippen molar-refractivity contribution in [3.05, 3.63) is 0 Å². The molecule has 0 heterocycles. The molecule has 0 aromatic heterocycles. The molecule has 1 atom stereocenters. The lowest BCUT2D eigenvalue weighted by molar-refractivity contribution is -0.147. The van der Waals surface area contributed by atoms with Crippen LogP contribution in [0.1, 0.15) is 48.0 Å². The van der Waals surface area contributed by atoms with Gasteiger partial charge in [-0.05, 0) is 26.2 Å². The Morgan fingerprint density at radius 1 is 1.18 bits per heavy atom. The van der Waals surface area contributed by atoms with Gasteiger partial charge in [0.15, 0.2) is 0 Å². The average molecular weight is 241 g/mol. The van der Waals surface area contributed by atoms with E-state index in [2.05, 4.69) is 0 Å². The number of carbonyl (C=O) groups excluding carboxylic acids is 1. The van der Waals surface area contributed by atoms with Crippen molar-refractivity contribution in [2.45, 2.75) is 53.5 Å². The van der Waals surface area contributed by atoms with Crippen LogP contribution < -0.4 is 0 Å². The van der Waals surface area contributed by atoms with Gasteiger partial charge in [-0.2, -0.15) is 0 Å². The molecule has 0 aromatic rings. The maximum atomic E-state index is 12.3. The lowest BCUT2D eigenvalue weighted by Crippen LogP contribution is -2.49. The molecule has 0 fully saturated rings. The van der Waals surface area contributed by atoms with E-state index in [1.54, 1.807) is 12.8 Å². The molecular weight excluding hydrogens is 217 g/mol. The average Bonchev–Trinajstić information content (AvgIpc) is 2.08. The number of hydrogen-bond acceptors (Lipinski definition) is 2. The first-order valence-electron chi connectivity index (χ1n) is 5.87. The molecule has 0 spiro atoms. The van der Waals surface area contributed by atoms with E-state index >= 15 is 0 Å². The fourth-order valence-electron chi connectivity index (χ4n) is 1.50. The van der Waals surface area contributed by atoms with E-state index < -0.39 is 11.9 Å². The number of carbonyl (C=O) groups is 2. The highest BCUT2D eigenvalue weighted by molar-refractivity contribution is 6.15. The van der Waals surface area contributed by atoms with Gasteiger partial charge in [0, 0.05) is 5.54 Å². The summed E-state index contributed by atoms with van der Waals surface area (Å²) in [4.78, 5) is 24.8. The summed E-state index contributed by atoms with van der Waals surface area (Å²) in [6.45, 7) is 11.5. The predicted octanol–water partition coefficient (Wildman–Crippen LogP) is 1.30. The summed E-state index contributed by atoms with van der Waals surface area (Å²) in [6, 6.07) is 0. The molecule has 17 heavy (non-hydrogen) atoms. The minimum Gasteiger partial charge on any atom is -0.481 e. The second-order valence-electron chi connectivity index (χ2n) is 6.58. The van der Waals surface area contributed by atoms with Crippen LogP contribution in [0.15, 0.2) is 0 Å². The summed E-state index contributed by atoms with van der Waals surface area (Å²) in [7, 11) is 1.73. The number of carboxylic acids is 1. The van der Waals surface area contributed by atoms with E-state index in [1.165, 1.54) is 0 Å². The monoisotopic (exact) mass is 241 g/mol. The lowest BCUT2D eigenvalue weighted by atomic mass is 9.76. The molecule has 1 unspecified atom stereocenters. The minimum atomic E-state index is -0.930. The van der Waals surface area contributed by atoms with Crippen molar-refractivity contribution in [3.63, 3.8) is 0 Å². The Kier molecular flexibility index (Phi) is 4.81. The number of hydrogen-bond donors (Lipinski definition) is 1. The molecule has 0 saturated heterocycles. The van der Waals surface area contributed by atoms with Gasteiger partial charge in [0.25, 0.3) is 0 Å². The molecule has 0 rings (SSSR count). The Balaban J connectivity index is 5.08. The molecule has 0 aliphatic heterocycles. The van der Waals surface area contributed by atoms with Gasteiger partial charge in [-0.1, -0.05) is 20.8 Å². The van der Waals surface area contributed by atoms with Crippen molar-refractivity contribution < 1.29 is 14.7 Å². The van der Waals surface area contributed by atoms with Gasteiger partial charge in [0.1, 0.15) is 0 Å². The fourth-order valence-corrected chi connectivity index (χ4v) is 1.50. The van der Waals surface area contributed by atoms with Crippen molar-refractivity contribution >= 4 is 19.9 Å². The highest BCUT2D eigenvalue weighted by Crippen LogP contribution is 2.31. The molecular formula is C12H24BNO3. The Labute approximate surface area is 105 Å². The molecule has 1 amide bonds. The van der Waals surface area contributed by atoms with Gasteiger partial charge in [0.05, 0.1) is 12.3 Å². The first kappa shape index (κ1) is 16.0. The Bertz CT molecular complexity index is 302. The van der Waals surface area contributed by atoms with Crippen molar-refractivity contribution in [2.24, 2.45) is 11.3 Å². The van der Waals surface area contributed by atoms with E-state index in [0.29, 0.717) is 0 Å². The van der Waals surface area contributed by atoms with Crippen molar-refractivity contribution in [1.29, 1.82) is 0 Å². The van der Waals surface area contributed by atoms with Crippen LogP contribution in [-0.4, -0.2) is 35.3 Å². The zero-order valence-corrected chi connectivity index (χ0v) is 12.0. The third-order valence-electron chi connectivity index (χ3n) is 3.06. The van der Waals surface area contributed by atoms with Crippen LogP contribution >= 0.6 is 0 Å². The topological polar surface area (TPSA) is 57.6 Å². The number of nitrogens with zero attached hydrogens (tertiary/aromatic N) is 1. The quantitative estimate of drug-likeness (QED) is 0.757. The van der Waals surface area contributed by atoms with E-state index in [-0.39, 0.29) is 23.3 Å². The zero-order valence-electron chi connectivity index (χ0n) is 12.0. The van der Waals surface area contributed by atoms with Crippen LogP contribution in [-0.2, 0) is 9.59 Å². The van der Waals surface area contributed by atoms with Crippen LogP contribution in [0.3, 0.4) is 0 Å². The standard InChI is InChI=1S/C12H24BNO3/c1-11(2,3)8(7-9(15)16)10(17)14(13)12(4,5)6/h8H,7,13H2,1-6H3,(H,15,16). The largest absolute Gasteiger partial charge is 0.481 e. The highest BCUT2D eigenvalue weighted by Gasteiger charge is 2.37. The highest BCUT2D eigenvalue weighted by atomic mass is 16.4. The van der Waals surface area contributed by atoms with Crippen LogP contribution in [0.4, 0.5) is 0 Å². The second-order valence-corrected chi connectivity index (χ2v) is 6.58. The summed E-state index contributed by atoms with van der Waals surface area (Å²) in [5, 5.41) is 8.91. The Hall–Kier alpha value is -0.995. The van der Waals surface area contributed by atoms with Gasteiger partial charge < -0.3 is 9.92 Å². The van der Waals surface area contributed by atoms with Crippen LogP contribution in [0.2, 0.25) is 0 Å². The van der Waals surface area contributed by atoms with E-state index in [9.17, 15) is 9.59 Å². The smallest absolute Gasteiger partial charge is 0.304 e. The maximum Gasteiger partial charge on any atom is 0.304 e. The van der Waals surface area contributed by atoms with Crippen LogP contribution in [0.25, 0.3) is 0 Å². The molecule has 0 radical (unpaired) electrons. The number of aliphatic carboxylic acids is 1. The van der Waals surface area contributed by atoms with Gasteiger partial charge in [-0.15, -0.1) is 0 Å². The lowest BCUT2D eigenvalue weighted by Gasteiger charge is -2.39. The summed E-state index contributed by atoms with van der Waals surface area (Å²) in [5.74, 6) is -1.53. The van der Waals surface area contributed by atoms with Gasteiger partial charge in [-0.3, -0.25) is 9.59 Å². The predicted molar refractivity (Wildman–Crippen MR) is 70.3 cm³/mol. The molecule has 4 nitrogen and oxygen atoms in total. The van der Waals surface area contributed by atoms with E-state index in [0.717, 1.165) is 0 Å². The first-order valence-corrected chi connectivity index (χ1v) is 5.87. The van der Waals surface area contributed by atoms with Crippen LogP contribution in [0.5, 0.6) is 0 Å². The fraction of sp³-hybridized carbons (Fsp3) is 0.833. The SMILES string of the molecule is BN(C(=O)C(CC(=O)O)C(C)(C)C)C(C)(C)C. The summed E-state index contributed by atoms with van der Waals surface area (Å²) < 4.78 is 0. The molecule has 98 valence electrons. The van der Waals surface area contributed by atoms with E-state index in [4.69, 9.17) is 5.11 Å². The third-order valence-corrected chi connectivity index (χ3v) is 3.06. The van der Waals surface area contributed by atoms with Crippen molar-refractivity contribution in [3.8, 4) is 0 Å². The molecule has 5 heteroatoms. The summed E-state index contributed by atoms with van der Waals surface area (Å²) in [6.07, 6.45) is -0.122. The zero-order chi connectivity index (χ0) is 14.0. The first-order chi connectivity index (χ1) is 7.37. The number of rotatable bonds is 3. The molecule has 0 aliphatic rings. The summed E-state index contributed by atoms with van der Waals surface area (Å²) in [5.41, 5.74) is -0.645. The van der Waals surface area contributed by atoms with Crippen LogP contribution in [0, 0.1) is 11.3 Å². The van der Waals surface area contributed by atoms with E-state index in [1.807, 2.05) is 41.5 Å². The molecule has 0 saturated carbocycles. The molecule has 0 aromatic carbocycles. The van der Waals surface area contributed by atoms with Gasteiger partial charge >= 0.3 is 5.97 Å². The molecule has 0 aliphatic carbocycles. The Morgan fingerprint density at radius 2 is 1.59 bits per heavy atom. The third kappa shape index (κ3) is 4.80. The number of amides is 1. The summed E-state index contributed by atoms with van der Waals surface area (Å²) >= 11 is 0. The Morgan fingerprint density at radius 3 is 1.82 bits per heavy atom. The molecule has 0 bridgehead atoms. The second kappa shape index (κ2) is 5.11. The van der Waals surface area contributed by atoms with Crippen molar-refractivity contribution in [2.75, 3.05) is 0 Å². The number of carboxylic acid groups (broad SMARTS) is 1. The maximum absolute atomic E-state index is 12.3. The van der Waals surface area contributed by atoms with Gasteiger partial charge in [0.2, 0.25) is 13.9 Å². The molecule has 1 N–H and O–H groups in total. The minimum absolute atomic E-state index is 0.104. The normalized spacial score (nSPS) is 14.2. The van der Waals surface area contributed by atoms with Crippen molar-refractivity contribution in [1.82, 2.24) is 4.81 Å². The van der Waals surface area contributed by atoms with Gasteiger partial charge in [-0.25, -0.2) is 0 Å².